The van der Waals surface area contributed by atoms with Gasteiger partial charge in [-0.1, -0.05) is 13.8 Å². The monoisotopic (exact) mass is 300 g/mol. The number of carbonyl (C=O) groups is 1. The maximum atomic E-state index is 12.0. The van der Waals surface area contributed by atoms with Crippen LogP contribution in [0.5, 0.6) is 5.75 Å². The molecule has 1 N–H and O–H groups in total. The second-order valence-corrected chi connectivity index (χ2v) is 5.93. The number of rotatable bonds is 5. The quantitative estimate of drug-likeness (QED) is 0.912. The van der Waals surface area contributed by atoms with E-state index in [1.807, 2.05) is 22.9 Å². The van der Waals surface area contributed by atoms with Crippen LogP contribution in [-0.4, -0.2) is 33.3 Å². The number of hydrogen-bond donors (Lipinski definition) is 1. The fourth-order valence-electron chi connectivity index (χ4n) is 2.46. The maximum Gasteiger partial charge on any atom is 0.271 e. The predicted octanol–water partition coefficient (Wildman–Crippen LogP) is 1.67. The van der Waals surface area contributed by atoms with E-state index in [1.165, 1.54) is 0 Å². The molecule has 2 aromatic rings. The third kappa shape index (κ3) is 3.27. The van der Waals surface area contributed by atoms with Crippen LogP contribution in [0, 0.1) is 5.92 Å². The molecule has 6 nitrogen and oxygen atoms in total. The molecular weight excluding hydrogens is 280 g/mol. The van der Waals surface area contributed by atoms with Crippen molar-refractivity contribution in [2.45, 2.75) is 32.9 Å². The fraction of sp³-hybridized carbons (Fsp3) is 0.438. The number of ether oxygens (including phenoxy) is 1. The highest BCUT2D eigenvalue weighted by Crippen LogP contribution is 2.21. The maximum absolute atomic E-state index is 12.0. The Kier molecular flexibility index (Phi) is 4.09. The minimum atomic E-state index is -0.109. The van der Waals surface area contributed by atoms with Crippen LogP contribution in [0.3, 0.4) is 0 Å². The normalized spacial score (nSPS) is 16.6. The van der Waals surface area contributed by atoms with Crippen molar-refractivity contribution in [2.24, 2.45) is 5.92 Å². The van der Waals surface area contributed by atoms with Gasteiger partial charge in [-0.3, -0.25) is 14.5 Å². The predicted molar refractivity (Wildman–Crippen MR) is 81.8 cm³/mol. The van der Waals surface area contributed by atoms with Gasteiger partial charge in [-0.2, -0.15) is 5.10 Å². The highest BCUT2D eigenvalue weighted by Gasteiger charge is 2.26. The molecule has 116 valence electrons. The molecule has 1 amide bonds. The summed E-state index contributed by atoms with van der Waals surface area (Å²) in [6.07, 6.45) is 4.23. The zero-order valence-electron chi connectivity index (χ0n) is 12.8. The van der Waals surface area contributed by atoms with Gasteiger partial charge in [0.25, 0.3) is 5.91 Å². The lowest BCUT2D eigenvalue weighted by molar-refractivity contribution is 0.0942. The number of hydrogen-bond acceptors (Lipinski definition) is 4. The number of carbonyl (C=O) groups excluding carboxylic acids is 1. The van der Waals surface area contributed by atoms with Crippen molar-refractivity contribution < 1.29 is 9.53 Å². The van der Waals surface area contributed by atoms with Crippen molar-refractivity contribution in [3.63, 3.8) is 0 Å². The van der Waals surface area contributed by atoms with E-state index in [1.54, 1.807) is 12.4 Å². The molecule has 6 heteroatoms. The van der Waals surface area contributed by atoms with Gasteiger partial charge in [-0.15, -0.1) is 0 Å². The van der Waals surface area contributed by atoms with E-state index in [2.05, 4.69) is 29.2 Å². The van der Waals surface area contributed by atoms with E-state index in [9.17, 15) is 4.79 Å². The van der Waals surface area contributed by atoms with Crippen molar-refractivity contribution in [1.29, 1.82) is 0 Å². The molecule has 0 spiro atoms. The summed E-state index contributed by atoms with van der Waals surface area (Å²) in [6, 6.07) is 5.53. The minimum Gasteiger partial charge on any atom is -0.488 e. The summed E-state index contributed by atoms with van der Waals surface area (Å²) in [4.78, 5) is 16.0. The lowest BCUT2D eigenvalue weighted by Crippen LogP contribution is -2.28. The Hall–Kier alpha value is -2.37. The van der Waals surface area contributed by atoms with Gasteiger partial charge in [0.15, 0.2) is 0 Å². The van der Waals surface area contributed by atoms with Crippen LogP contribution in [0.2, 0.25) is 0 Å². The molecule has 1 aliphatic heterocycles. The zero-order valence-corrected chi connectivity index (χ0v) is 12.8. The molecular formula is C16H20N4O2. The molecule has 0 aliphatic carbocycles. The van der Waals surface area contributed by atoms with Gasteiger partial charge in [0.2, 0.25) is 0 Å². The van der Waals surface area contributed by atoms with Crippen molar-refractivity contribution in [3.05, 3.63) is 42.0 Å². The molecule has 3 heterocycles. The molecule has 0 saturated heterocycles. The summed E-state index contributed by atoms with van der Waals surface area (Å²) in [5.41, 5.74) is 1.52. The first kappa shape index (κ1) is 14.6. The number of fused-ring (bicyclic) bond motifs is 1. The number of nitrogens with zero attached hydrogens (tertiary/aromatic N) is 3. The van der Waals surface area contributed by atoms with E-state index in [0.717, 1.165) is 17.9 Å². The van der Waals surface area contributed by atoms with Crippen LogP contribution in [0.4, 0.5) is 0 Å². The van der Waals surface area contributed by atoms with E-state index in [4.69, 9.17) is 4.74 Å². The largest absolute Gasteiger partial charge is 0.488 e. The van der Waals surface area contributed by atoms with Gasteiger partial charge >= 0.3 is 0 Å². The van der Waals surface area contributed by atoms with Crippen LogP contribution in [0.15, 0.2) is 30.6 Å². The first-order valence-electron chi connectivity index (χ1n) is 7.53. The zero-order chi connectivity index (χ0) is 15.5. The standard InChI is InChI=1S/C16H20N4O2/c1-11(2)9-18-16(21)15-8-12-7-14(10-20(12)19-15)22-13-3-5-17-6-4-13/h3-6,8,11,14H,7,9-10H2,1-2H3,(H,18,21)/t14-/m0/s1. The molecule has 0 unspecified atom stereocenters. The average molecular weight is 300 g/mol. The van der Waals surface area contributed by atoms with Crippen molar-refractivity contribution in [3.8, 4) is 5.75 Å². The molecule has 0 radical (unpaired) electrons. The van der Waals surface area contributed by atoms with Gasteiger partial charge in [-0.05, 0) is 24.1 Å². The van der Waals surface area contributed by atoms with Crippen LogP contribution < -0.4 is 10.1 Å². The van der Waals surface area contributed by atoms with Gasteiger partial charge in [0, 0.05) is 31.1 Å². The second kappa shape index (κ2) is 6.17. The SMILES string of the molecule is CC(C)CNC(=O)c1cc2n(n1)C[C@@H](Oc1ccncc1)C2. The molecule has 0 bridgehead atoms. The first-order chi connectivity index (χ1) is 10.6. The van der Waals surface area contributed by atoms with Gasteiger partial charge in [0.1, 0.15) is 17.5 Å². The van der Waals surface area contributed by atoms with E-state index in [0.29, 0.717) is 24.7 Å². The Bertz CT molecular complexity index is 628. The van der Waals surface area contributed by atoms with Crippen molar-refractivity contribution in [1.82, 2.24) is 20.1 Å². The van der Waals surface area contributed by atoms with E-state index >= 15 is 0 Å². The Morgan fingerprint density at radius 2 is 2.23 bits per heavy atom. The molecule has 3 rings (SSSR count). The lowest BCUT2D eigenvalue weighted by Gasteiger charge is -2.12. The smallest absolute Gasteiger partial charge is 0.271 e. The Balaban J connectivity index is 1.59. The van der Waals surface area contributed by atoms with E-state index in [-0.39, 0.29) is 12.0 Å². The van der Waals surface area contributed by atoms with Crippen LogP contribution >= 0.6 is 0 Å². The van der Waals surface area contributed by atoms with Crippen LogP contribution in [0.1, 0.15) is 30.0 Å². The second-order valence-electron chi connectivity index (χ2n) is 5.93. The van der Waals surface area contributed by atoms with Gasteiger partial charge in [-0.25, -0.2) is 0 Å². The highest BCUT2D eigenvalue weighted by atomic mass is 16.5. The minimum absolute atomic E-state index is 0.0534. The summed E-state index contributed by atoms with van der Waals surface area (Å²) in [5, 5.41) is 7.26. The molecule has 2 aromatic heterocycles. The Labute approximate surface area is 129 Å². The number of nitrogens with one attached hydrogen (secondary N) is 1. The van der Waals surface area contributed by atoms with Crippen molar-refractivity contribution in [2.75, 3.05) is 6.54 Å². The lowest BCUT2D eigenvalue weighted by atomic mass is 10.2. The first-order valence-corrected chi connectivity index (χ1v) is 7.53. The third-order valence-electron chi connectivity index (χ3n) is 3.53. The number of amides is 1. The Morgan fingerprint density at radius 1 is 1.45 bits per heavy atom. The topological polar surface area (TPSA) is 69.0 Å². The van der Waals surface area contributed by atoms with E-state index < -0.39 is 0 Å². The van der Waals surface area contributed by atoms with Crippen LogP contribution in [-0.2, 0) is 13.0 Å². The molecule has 0 aromatic carbocycles. The average Bonchev–Trinajstić information content (AvgIpc) is 3.04. The summed E-state index contributed by atoms with van der Waals surface area (Å²) < 4.78 is 7.75. The summed E-state index contributed by atoms with van der Waals surface area (Å²) >= 11 is 0. The fourth-order valence-corrected chi connectivity index (χ4v) is 2.46. The molecule has 0 fully saturated rings. The Morgan fingerprint density at radius 3 is 2.91 bits per heavy atom. The summed E-state index contributed by atoms with van der Waals surface area (Å²) in [5.74, 6) is 1.12. The van der Waals surface area contributed by atoms with Gasteiger partial charge < -0.3 is 10.1 Å². The number of aromatic nitrogens is 3. The van der Waals surface area contributed by atoms with Crippen LogP contribution in [0.25, 0.3) is 0 Å². The molecule has 22 heavy (non-hydrogen) atoms. The molecule has 1 aliphatic rings. The van der Waals surface area contributed by atoms with Gasteiger partial charge in [0.05, 0.1) is 6.54 Å². The summed E-state index contributed by atoms with van der Waals surface area (Å²) in [7, 11) is 0. The molecule has 0 saturated carbocycles. The highest BCUT2D eigenvalue weighted by molar-refractivity contribution is 5.92. The summed E-state index contributed by atoms with van der Waals surface area (Å²) in [6.45, 7) is 5.45. The molecule has 1 atom stereocenters. The third-order valence-corrected chi connectivity index (χ3v) is 3.53. The number of pyridine rings is 1. The van der Waals surface area contributed by atoms with Crippen molar-refractivity contribution >= 4 is 5.91 Å².